The number of esters is 1. The molecule has 106 valence electrons. The van der Waals surface area contributed by atoms with Gasteiger partial charge in [0.05, 0.1) is 25.3 Å². The van der Waals surface area contributed by atoms with Crippen molar-refractivity contribution < 1.29 is 36.6 Å². The van der Waals surface area contributed by atoms with Crippen molar-refractivity contribution in [1.82, 2.24) is 4.98 Å². The van der Waals surface area contributed by atoms with Gasteiger partial charge in [-0.05, 0) is 0 Å². The standard InChI is InChI=1S/C10H8F5NO3/c1-19-6(18)2-4-5(17)3-16-8(9(11)12)7(4)10(13,14)15/h3,9,17H,2H2,1H3. The van der Waals surface area contributed by atoms with Crippen molar-refractivity contribution in [3.63, 3.8) is 0 Å². The largest absolute Gasteiger partial charge is 0.506 e. The van der Waals surface area contributed by atoms with Crippen LogP contribution in [0.1, 0.15) is 23.2 Å². The lowest BCUT2D eigenvalue weighted by atomic mass is 10.0. The second-order valence-electron chi connectivity index (χ2n) is 3.43. The van der Waals surface area contributed by atoms with Crippen molar-refractivity contribution in [2.24, 2.45) is 0 Å². The molecule has 0 aliphatic carbocycles. The Bertz CT molecular complexity index is 487. The highest BCUT2D eigenvalue weighted by molar-refractivity contribution is 5.74. The molecule has 1 heterocycles. The van der Waals surface area contributed by atoms with Crippen LogP contribution in [0.3, 0.4) is 0 Å². The summed E-state index contributed by atoms with van der Waals surface area (Å²) < 4.78 is 67.5. The second kappa shape index (κ2) is 5.37. The average molecular weight is 285 g/mol. The molecule has 1 aromatic rings. The molecule has 1 aromatic heterocycles. The third-order valence-corrected chi connectivity index (χ3v) is 2.23. The summed E-state index contributed by atoms with van der Waals surface area (Å²) in [4.78, 5) is 13.9. The van der Waals surface area contributed by atoms with Crippen molar-refractivity contribution in [3.05, 3.63) is 23.0 Å². The lowest BCUT2D eigenvalue weighted by Gasteiger charge is -2.16. The van der Waals surface area contributed by atoms with Gasteiger partial charge in [-0.3, -0.25) is 9.78 Å². The molecule has 0 atom stereocenters. The topological polar surface area (TPSA) is 59.4 Å². The predicted octanol–water partition coefficient (Wildman–Crippen LogP) is 2.46. The predicted molar refractivity (Wildman–Crippen MR) is 51.6 cm³/mol. The van der Waals surface area contributed by atoms with E-state index in [0.717, 1.165) is 7.11 Å². The van der Waals surface area contributed by atoms with Crippen LogP contribution < -0.4 is 0 Å². The number of halogens is 5. The zero-order chi connectivity index (χ0) is 14.8. The molecule has 1 rings (SSSR count). The lowest BCUT2D eigenvalue weighted by molar-refractivity contribution is -0.142. The van der Waals surface area contributed by atoms with E-state index in [2.05, 4.69) is 9.72 Å². The Labute approximate surface area is 103 Å². The quantitative estimate of drug-likeness (QED) is 0.684. The molecule has 4 nitrogen and oxygen atoms in total. The lowest BCUT2D eigenvalue weighted by Crippen LogP contribution is -2.18. The molecule has 0 aliphatic rings. The number of aromatic hydroxyl groups is 1. The number of hydrogen-bond donors (Lipinski definition) is 1. The van der Waals surface area contributed by atoms with Crippen molar-refractivity contribution in [2.75, 3.05) is 7.11 Å². The molecule has 9 heteroatoms. The first-order valence-corrected chi connectivity index (χ1v) is 4.81. The average Bonchev–Trinajstić information content (AvgIpc) is 2.29. The van der Waals surface area contributed by atoms with Crippen LogP contribution in [0.4, 0.5) is 22.0 Å². The Morgan fingerprint density at radius 2 is 2.05 bits per heavy atom. The molecule has 0 saturated heterocycles. The molecule has 0 spiro atoms. The number of pyridine rings is 1. The van der Waals surface area contributed by atoms with Gasteiger partial charge in [-0.15, -0.1) is 0 Å². The fourth-order valence-electron chi connectivity index (χ4n) is 1.43. The molecular weight excluding hydrogens is 277 g/mol. The van der Waals surface area contributed by atoms with Crippen LogP contribution in [0.25, 0.3) is 0 Å². The summed E-state index contributed by atoms with van der Waals surface area (Å²) >= 11 is 0. The maximum Gasteiger partial charge on any atom is 0.418 e. The first-order chi connectivity index (χ1) is 8.68. The van der Waals surface area contributed by atoms with Crippen LogP contribution in [-0.2, 0) is 22.1 Å². The van der Waals surface area contributed by atoms with Gasteiger partial charge in [0.1, 0.15) is 11.4 Å². The van der Waals surface area contributed by atoms with Gasteiger partial charge >= 0.3 is 12.1 Å². The summed E-state index contributed by atoms with van der Waals surface area (Å²) in [7, 11) is 0.919. The number of nitrogens with zero attached hydrogens (tertiary/aromatic N) is 1. The molecule has 0 unspecified atom stereocenters. The number of alkyl halides is 5. The van der Waals surface area contributed by atoms with E-state index in [4.69, 9.17) is 0 Å². The molecule has 0 aromatic carbocycles. The first-order valence-electron chi connectivity index (χ1n) is 4.81. The molecular formula is C10H8F5NO3. The Morgan fingerprint density at radius 3 is 2.47 bits per heavy atom. The number of hydrogen-bond acceptors (Lipinski definition) is 4. The summed E-state index contributed by atoms with van der Waals surface area (Å²) in [5.41, 5.74) is -4.33. The van der Waals surface area contributed by atoms with Crippen molar-refractivity contribution >= 4 is 5.97 Å². The van der Waals surface area contributed by atoms with Gasteiger partial charge in [-0.1, -0.05) is 0 Å². The second-order valence-corrected chi connectivity index (χ2v) is 3.43. The van der Waals surface area contributed by atoms with E-state index in [1.165, 1.54) is 0 Å². The van der Waals surface area contributed by atoms with E-state index in [0.29, 0.717) is 6.20 Å². The smallest absolute Gasteiger partial charge is 0.418 e. The van der Waals surface area contributed by atoms with Gasteiger partial charge in [0.2, 0.25) is 0 Å². The van der Waals surface area contributed by atoms with Crippen LogP contribution in [0, 0.1) is 0 Å². The molecule has 0 aliphatic heterocycles. The SMILES string of the molecule is COC(=O)Cc1c(O)cnc(C(F)F)c1C(F)(F)F. The number of aromatic nitrogens is 1. The van der Waals surface area contributed by atoms with Crippen molar-refractivity contribution in [1.29, 1.82) is 0 Å². The maximum atomic E-state index is 12.8. The van der Waals surface area contributed by atoms with Gasteiger partial charge < -0.3 is 9.84 Å². The van der Waals surface area contributed by atoms with Crippen LogP contribution in [-0.4, -0.2) is 23.2 Å². The molecule has 0 saturated carbocycles. The van der Waals surface area contributed by atoms with Crippen LogP contribution in [0.2, 0.25) is 0 Å². The van der Waals surface area contributed by atoms with Gasteiger partial charge in [-0.25, -0.2) is 8.78 Å². The third kappa shape index (κ3) is 3.30. The van der Waals surface area contributed by atoms with Crippen LogP contribution in [0.5, 0.6) is 5.75 Å². The van der Waals surface area contributed by atoms with E-state index >= 15 is 0 Å². The van der Waals surface area contributed by atoms with E-state index in [1.807, 2.05) is 0 Å². The Balaban J connectivity index is 3.49. The maximum absolute atomic E-state index is 12.8. The van der Waals surface area contributed by atoms with Crippen molar-refractivity contribution in [2.45, 2.75) is 19.0 Å². The number of methoxy groups -OCH3 is 1. The minimum atomic E-state index is -5.18. The van der Waals surface area contributed by atoms with E-state index in [-0.39, 0.29) is 0 Å². The fraction of sp³-hybridized carbons (Fsp3) is 0.400. The molecule has 0 fully saturated rings. The number of carbonyl (C=O) groups is 1. The summed E-state index contributed by atoms with van der Waals surface area (Å²) in [5, 5.41) is 9.29. The molecule has 0 radical (unpaired) electrons. The third-order valence-electron chi connectivity index (χ3n) is 2.23. The van der Waals surface area contributed by atoms with E-state index < -0.39 is 47.6 Å². The number of rotatable bonds is 3. The first kappa shape index (κ1) is 15.1. The highest BCUT2D eigenvalue weighted by Crippen LogP contribution is 2.40. The summed E-state index contributed by atoms with van der Waals surface area (Å²) in [6.45, 7) is 0. The summed E-state index contributed by atoms with van der Waals surface area (Å²) in [5.74, 6) is -2.10. The normalized spacial score (nSPS) is 11.7. The van der Waals surface area contributed by atoms with E-state index in [1.54, 1.807) is 0 Å². The number of ether oxygens (including phenoxy) is 1. The zero-order valence-corrected chi connectivity index (χ0v) is 9.46. The fourth-order valence-corrected chi connectivity index (χ4v) is 1.43. The number of carbonyl (C=O) groups excluding carboxylic acids is 1. The van der Waals surface area contributed by atoms with Gasteiger partial charge in [0.15, 0.2) is 0 Å². The summed E-state index contributed by atoms with van der Waals surface area (Å²) in [6, 6.07) is 0. The molecule has 19 heavy (non-hydrogen) atoms. The monoisotopic (exact) mass is 285 g/mol. The zero-order valence-electron chi connectivity index (χ0n) is 9.46. The molecule has 1 N–H and O–H groups in total. The Morgan fingerprint density at radius 1 is 1.47 bits per heavy atom. The minimum Gasteiger partial charge on any atom is -0.506 e. The van der Waals surface area contributed by atoms with Crippen molar-refractivity contribution in [3.8, 4) is 5.75 Å². The summed E-state index contributed by atoms with van der Waals surface area (Å²) in [6.07, 6.45) is -9.22. The van der Waals surface area contributed by atoms with Gasteiger partial charge in [0.25, 0.3) is 6.43 Å². The molecule has 0 bridgehead atoms. The van der Waals surface area contributed by atoms with Crippen LogP contribution in [0.15, 0.2) is 6.20 Å². The highest BCUT2D eigenvalue weighted by Gasteiger charge is 2.41. The minimum absolute atomic E-state index is 0.439. The van der Waals surface area contributed by atoms with Crippen LogP contribution >= 0.6 is 0 Å². The van der Waals surface area contributed by atoms with Gasteiger partial charge in [0, 0.05) is 5.56 Å². The highest BCUT2D eigenvalue weighted by atomic mass is 19.4. The van der Waals surface area contributed by atoms with Gasteiger partial charge in [-0.2, -0.15) is 13.2 Å². The Hall–Kier alpha value is -1.93. The Kier molecular flexibility index (Phi) is 4.28. The van der Waals surface area contributed by atoms with E-state index in [9.17, 15) is 31.9 Å². The molecule has 0 amide bonds.